The highest BCUT2D eigenvalue weighted by Crippen LogP contribution is 2.18. The molecule has 0 atom stereocenters. The van der Waals surface area contributed by atoms with E-state index in [0.29, 0.717) is 22.9 Å². The summed E-state index contributed by atoms with van der Waals surface area (Å²) in [6, 6.07) is 6.19. The Hall–Kier alpha value is -1.66. The van der Waals surface area contributed by atoms with Gasteiger partial charge >= 0.3 is 0 Å². The lowest BCUT2D eigenvalue weighted by Gasteiger charge is -2.02. The van der Waals surface area contributed by atoms with Crippen LogP contribution in [0.4, 0.5) is 4.39 Å². The zero-order valence-electron chi connectivity index (χ0n) is 10.1. The Bertz CT molecular complexity index is 598. The van der Waals surface area contributed by atoms with E-state index in [0.717, 1.165) is 5.56 Å². The lowest BCUT2D eigenvalue weighted by Crippen LogP contribution is -2.15. The summed E-state index contributed by atoms with van der Waals surface area (Å²) in [7, 11) is 0. The van der Waals surface area contributed by atoms with Crippen LogP contribution < -0.4 is 5.56 Å². The molecule has 0 radical (unpaired) electrons. The zero-order valence-corrected chi connectivity index (χ0v) is 10.9. The Morgan fingerprint density at radius 2 is 2.05 bits per heavy atom. The van der Waals surface area contributed by atoms with Crippen molar-refractivity contribution in [1.82, 2.24) is 9.97 Å². The first-order valence-electron chi connectivity index (χ1n) is 5.76. The minimum Gasteiger partial charge on any atom is -0.396 e. The van der Waals surface area contributed by atoms with E-state index in [1.165, 1.54) is 23.9 Å². The number of benzene rings is 1. The molecule has 2 rings (SSSR count). The summed E-state index contributed by atoms with van der Waals surface area (Å²) in [5.41, 5.74) is 1.09. The summed E-state index contributed by atoms with van der Waals surface area (Å²) < 4.78 is 12.7. The van der Waals surface area contributed by atoms with Gasteiger partial charge in [0.2, 0.25) is 0 Å². The van der Waals surface area contributed by atoms with Crippen LogP contribution >= 0.6 is 11.8 Å². The quantitative estimate of drug-likeness (QED) is 0.646. The zero-order chi connectivity index (χ0) is 13.7. The predicted octanol–water partition coefficient (Wildman–Crippen LogP) is 1.74. The van der Waals surface area contributed by atoms with Gasteiger partial charge in [-0.15, -0.1) is 0 Å². The number of aliphatic hydroxyl groups is 1. The summed E-state index contributed by atoms with van der Waals surface area (Å²) in [4.78, 5) is 18.4. The summed E-state index contributed by atoms with van der Waals surface area (Å²) in [6.45, 7) is -0.0766. The normalized spacial score (nSPS) is 10.6. The van der Waals surface area contributed by atoms with E-state index in [4.69, 9.17) is 5.11 Å². The topological polar surface area (TPSA) is 66.0 Å². The number of hydrogen-bond acceptors (Lipinski definition) is 4. The molecule has 0 saturated carbocycles. The van der Waals surface area contributed by atoms with Crippen LogP contribution in [0.3, 0.4) is 0 Å². The van der Waals surface area contributed by atoms with Gasteiger partial charge in [-0.1, -0.05) is 23.9 Å². The Morgan fingerprint density at radius 3 is 2.68 bits per heavy atom. The van der Waals surface area contributed by atoms with Crippen LogP contribution in [-0.2, 0) is 12.2 Å². The number of halogens is 1. The second-order valence-corrected chi connectivity index (χ2v) is 4.89. The number of H-pyrrole nitrogens is 1. The average Bonchev–Trinajstić information content (AvgIpc) is 2.41. The van der Waals surface area contributed by atoms with E-state index in [1.54, 1.807) is 18.3 Å². The summed E-state index contributed by atoms with van der Waals surface area (Å²) in [5.74, 6) is 0.330. The monoisotopic (exact) mass is 280 g/mol. The molecule has 19 heavy (non-hydrogen) atoms. The standard InChI is InChI=1S/C13H13FN2O2S/c14-11-3-1-9(2-4-11)8-19-13-15-7-10(5-6-17)12(18)16-13/h1-4,7,17H,5-6,8H2,(H,15,16,18). The lowest BCUT2D eigenvalue weighted by molar-refractivity contribution is 0.299. The first kappa shape index (κ1) is 13.8. The highest BCUT2D eigenvalue weighted by molar-refractivity contribution is 7.98. The molecule has 0 aliphatic rings. The number of aromatic nitrogens is 2. The minimum atomic E-state index is -0.325. The van der Waals surface area contributed by atoms with Crippen LogP contribution in [0, 0.1) is 5.82 Å². The molecule has 0 fully saturated rings. The first-order chi connectivity index (χ1) is 9.19. The van der Waals surface area contributed by atoms with Crippen molar-refractivity contribution in [3.8, 4) is 0 Å². The molecule has 0 saturated heterocycles. The Morgan fingerprint density at radius 1 is 1.32 bits per heavy atom. The first-order valence-corrected chi connectivity index (χ1v) is 6.74. The van der Waals surface area contributed by atoms with Crippen molar-refractivity contribution >= 4 is 11.8 Å². The fourth-order valence-electron chi connectivity index (χ4n) is 1.51. The van der Waals surface area contributed by atoms with Gasteiger partial charge in [-0.05, 0) is 17.7 Å². The number of aromatic amines is 1. The fourth-order valence-corrected chi connectivity index (χ4v) is 2.30. The van der Waals surface area contributed by atoms with Gasteiger partial charge in [0.05, 0.1) is 0 Å². The number of aliphatic hydroxyl groups excluding tert-OH is 1. The molecule has 1 heterocycles. The van der Waals surface area contributed by atoms with E-state index >= 15 is 0 Å². The van der Waals surface area contributed by atoms with Gasteiger partial charge in [0.15, 0.2) is 5.16 Å². The van der Waals surface area contributed by atoms with Gasteiger partial charge in [-0.25, -0.2) is 4.39 Å². The fraction of sp³-hybridized carbons (Fsp3) is 0.231. The number of nitrogens with zero attached hydrogens (tertiary/aromatic N) is 1. The van der Waals surface area contributed by atoms with Gasteiger partial charge in [0.1, 0.15) is 5.82 Å². The molecule has 2 N–H and O–H groups in total. The molecule has 1 aromatic heterocycles. The van der Waals surface area contributed by atoms with Crippen molar-refractivity contribution in [2.45, 2.75) is 17.3 Å². The minimum absolute atomic E-state index is 0.0766. The molecule has 0 unspecified atom stereocenters. The van der Waals surface area contributed by atoms with Gasteiger partial charge in [-0.3, -0.25) is 4.79 Å². The van der Waals surface area contributed by atoms with E-state index in [2.05, 4.69) is 9.97 Å². The molecule has 0 bridgehead atoms. The van der Waals surface area contributed by atoms with Crippen molar-refractivity contribution in [3.63, 3.8) is 0 Å². The van der Waals surface area contributed by atoms with Crippen molar-refractivity contribution < 1.29 is 9.50 Å². The maximum atomic E-state index is 12.7. The molecule has 100 valence electrons. The van der Waals surface area contributed by atoms with Gasteiger partial charge in [0.25, 0.3) is 5.56 Å². The third-order valence-electron chi connectivity index (χ3n) is 2.52. The van der Waals surface area contributed by atoms with Crippen molar-refractivity contribution in [1.29, 1.82) is 0 Å². The Labute approximate surface area is 113 Å². The van der Waals surface area contributed by atoms with Gasteiger partial charge < -0.3 is 10.1 Å². The Kier molecular flexibility index (Phi) is 4.70. The molecular formula is C13H13FN2O2S. The molecule has 6 heteroatoms. The summed E-state index contributed by atoms with van der Waals surface area (Å²) in [5, 5.41) is 9.28. The molecule has 2 aromatic rings. The van der Waals surface area contributed by atoms with E-state index < -0.39 is 0 Å². The molecule has 1 aromatic carbocycles. The largest absolute Gasteiger partial charge is 0.396 e. The lowest BCUT2D eigenvalue weighted by atomic mass is 10.2. The van der Waals surface area contributed by atoms with E-state index in [9.17, 15) is 9.18 Å². The second kappa shape index (κ2) is 6.49. The van der Waals surface area contributed by atoms with Crippen molar-refractivity contribution in [2.75, 3.05) is 6.61 Å². The average molecular weight is 280 g/mol. The third-order valence-corrected chi connectivity index (χ3v) is 3.48. The van der Waals surface area contributed by atoms with Crippen molar-refractivity contribution in [2.24, 2.45) is 0 Å². The number of nitrogens with one attached hydrogen (secondary N) is 1. The third kappa shape index (κ3) is 3.90. The SMILES string of the molecule is O=c1nc(SCc2ccc(F)cc2)[nH]cc1CCO. The number of hydrogen-bond donors (Lipinski definition) is 2. The van der Waals surface area contributed by atoms with Crippen LogP contribution in [0.5, 0.6) is 0 Å². The number of rotatable bonds is 5. The molecule has 4 nitrogen and oxygen atoms in total. The smallest absolute Gasteiger partial charge is 0.276 e. The van der Waals surface area contributed by atoms with E-state index in [-0.39, 0.29) is 18.0 Å². The van der Waals surface area contributed by atoms with Crippen LogP contribution in [0.2, 0.25) is 0 Å². The summed E-state index contributed by atoms with van der Waals surface area (Å²) in [6.07, 6.45) is 1.86. The molecular weight excluding hydrogens is 267 g/mol. The van der Waals surface area contributed by atoms with Gasteiger partial charge in [0, 0.05) is 30.5 Å². The van der Waals surface area contributed by atoms with Crippen LogP contribution in [-0.4, -0.2) is 21.7 Å². The maximum absolute atomic E-state index is 12.7. The predicted molar refractivity (Wildman–Crippen MR) is 71.6 cm³/mol. The molecule has 0 aliphatic carbocycles. The molecule has 0 amide bonds. The maximum Gasteiger partial charge on any atom is 0.276 e. The molecule has 0 spiro atoms. The van der Waals surface area contributed by atoms with Crippen LogP contribution in [0.25, 0.3) is 0 Å². The second-order valence-electron chi connectivity index (χ2n) is 3.92. The molecule has 0 aliphatic heterocycles. The van der Waals surface area contributed by atoms with E-state index in [1.807, 2.05) is 0 Å². The summed E-state index contributed by atoms with van der Waals surface area (Å²) >= 11 is 1.37. The highest BCUT2D eigenvalue weighted by Gasteiger charge is 2.04. The highest BCUT2D eigenvalue weighted by atomic mass is 32.2. The number of thioether (sulfide) groups is 1. The van der Waals surface area contributed by atoms with Crippen LogP contribution in [0.1, 0.15) is 11.1 Å². The van der Waals surface area contributed by atoms with Crippen molar-refractivity contribution in [3.05, 3.63) is 57.8 Å². The Balaban J connectivity index is 2.02. The van der Waals surface area contributed by atoms with Gasteiger partial charge in [-0.2, -0.15) is 4.98 Å². The van der Waals surface area contributed by atoms with Crippen LogP contribution in [0.15, 0.2) is 40.4 Å².